The summed E-state index contributed by atoms with van der Waals surface area (Å²) in [6, 6.07) is 4.58. The molecule has 0 saturated heterocycles. The highest BCUT2D eigenvalue weighted by atomic mass is 32.1. The van der Waals surface area contributed by atoms with Gasteiger partial charge in [-0.25, -0.2) is 9.59 Å². The number of carbonyl (C=O) groups excluding carboxylic acids is 4. The zero-order chi connectivity index (χ0) is 24.1. The van der Waals surface area contributed by atoms with Crippen molar-refractivity contribution in [2.24, 2.45) is 0 Å². The van der Waals surface area contributed by atoms with Crippen molar-refractivity contribution in [2.75, 3.05) is 45.8 Å². The Morgan fingerprint density at radius 2 is 1.76 bits per heavy atom. The van der Waals surface area contributed by atoms with Crippen LogP contribution in [0.25, 0.3) is 0 Å². The van der Waals surface area contributed by atoms with Gasteiger partial charge in [-0.2, -0.15) is 0 Å². The largest absolute Gasteiger partial charge is 0.486 e. The Balaban J connectivity index is 1.71. The van der Waals surface area contributed by atoms with Gasteiger partial charge in [-0.05, 0) is 37.6 Å². The maximum absolute atomic E-state index is 12.5. The highest BCUT2D eigenvalue weighted by Crippen LogP contribution is 2.34. The van der Waals surface area contributed by atoms with E-state index < -0.39 is 24.5 Å². The SMILES string of the molecule is CCOC(=O)c1c(NC(=O)COC(=O)c2ccc3c(c2)OCCO3)sc(C(=O)N(C)C)c1C. The lowest BCUT2D eigenvalue weighted by molar-refractivity contribution is -0.119. The number of fused-ring (bicyclic) bond motifs is 1. The zero-order valence-electron chi connectivity index (χ0n) is 18.7. The van der Waals surface area contributed by atoms with Crippen LogP contribution in [-0.4, -0.2) is 69.2 Å². The van der Waals surface area contributed by atoms with Gasteiger partial charge in [0.2, 0.25) is 0 Å². The van der Waals surface area contributed by atoms with E-state index in [1.165, 1.54) is 17.0 Å². The molecule has 1 aliphatic heterocycles. The first-order chi connectivity index (χ1) is 15.7. The Hall–Kier alpha value is -3.60. The number of benzene rings is 1. The van der Waals surface area contributed by atoms with Crippen LogP contribution in [0.15, 0.2) is 18.2 Å². The van der Waals surface area contributed by atoms with Crippen molar-refractivity contribution in [3.05, 3.63) is 39.8 Å². The van der Waals surface area contributed by atoms with Crippen LogP contribution in [0.4, 0.5) is 5.00 Å². The molecule has 2 heterocycles. The Morgan fingerprint density at radius 3 is 2.42 bits per heavy atom. The third-order valence-electron chi connectivity index (χ3n) is 4.59. The fraction of sp³-hybridized carbons (Fsp3) is 0.364. The van der Waals surface area contributed by atoms with E-state index in [9.17, 15) is 19.2 Å². The topological polar surface area (TPSA) is 120 Å². The van der Waals surface area contributed by atoms with E-state index in [0.717, 1.165) is 11.3 Å². The van der Waals surface area contributed by atoms with Crippen LogP contribution in [0, 0.1) is 6.92 Å². The molecule has 0 unspecified atom stereocenters. The second kappa shape index (κ2) is 10.3. The number of hydrogen-bond acceptors (Lipinski definition) is 9. The summed E-state index contributed by atoms with van der Waals surface area (Å²) in [5.41, 5.74) is 0.699. The summed E-state index contributed by atoms with van der Waals surface area (Å²) >= 11 is 0.956. The molecule has 0 radical (unpaired) electrons. The molecular weight excluding hydrogens is 452 g/mol. The predicted octanol–water partition coefficient (Wildman–Crippen LogP) is 2.50. The molecule has 176 valence electrons. The van der Waals surface area contributed by atoms with Gasteiger partial charge in [-0.3, -0.25) is 9.59 Å². The van der Waals surface area contributed by atoms with Crippen LogP contribution in [0.1, 0.15) is 42.9 Å². The van der Waals surface area contributed by atoms with Crippen molar-refractivity contribution in [2.45, 2.75) is 13.8 Å². The molecule has 1 aromatic carbocycles. The molecule has 1 N–H and O–H groups in total. The van der Waals surface area contributed by atoms with Crippen molar-refractivity contribution in [1.82, 2.24) is 4.90 Å². The highest BCUT2D eigenvalue weighted by molar-refractivity contribution is 7.18. The average molecular weight is 477 g/mol. The van der Waals surface area contributed by atoms with Gasteiger partial charge in [0.25, 0.3) is 11.8 Å². The predicted molar refractivity (Wildman–Crippen MR) is 119 cm³/mol. The van der Waals surface area contributed by atoms with Crippen molar-refractivity contribution >= 4 is 40.1 Å². The summed E-state index contributed by atoms with van der Waals surface area (Å²) in [6.07, 6.45) is 0. The van der Waals surface area contributed by atoms with Crippen molar-refractivity contribution in [1.29, 1.82) is 0 Å². The minimum absolute atomic E-state index is 0.0959. The third kappa shape index (κ3) is 5.43. The van der Waals surface area contributed by atoms with Crippen LogP contribution in [0.5, 0.6) is 11.5 Å². The van der Waals surface area contributed by atoms with Crippen LogP contribution in [-0.2, 0) is 14.3 Å². The number of amides is 2. The van der Waals surface area contributed by atoms with E-state index in [1.54, 1.807) is 34.0 Å². The molecule has 2 amide bonds. The van der Waals surface area contributed by atoms with Gasteiger partial charge >= 0.3 is 11.9 Å². The summed E-state index contributed by atoms with van der Waals surface area (Å²) in [5.74, 6) is -1.42. The fourth-order valence-corrected chi connectivity index (χ4v) is 4.24. The number of anilines is 1. The summed E-state index contributed by atoms with van der Waals surface area (Å²) in [6.45, 7) is 3.59. The molecule has 11 heteroatoms. The number of nitrogens with one attached hydrogen (secondary N) is 1. The molecule has 1 aliphatic rings. The molecule has 0 bridgehead atoms. The van der Waals surface area contributed by atoms with Gasteiger partial charge < -0.3 is 29.2 Å². The lowest BCUT2D eigenvalue weighted by Gasteiger charge is -2.18. The molecule has 3 rings (SSSR count). The first-order valence-corrected chi connectivity index (χ1v) is 10.9. The molecule has 1 aromatic heterocycles. The highest BCUT2D eigenvalue weighted by Gasteiger charge is 2.27. The molecule has 0 spiro atoms. The molecule has 0 fully saturated rings. The van der Waals surface area contributed by atoms with Gasteiger partial charge in [-0.1, -0.05) is 0 Å². The van der Waals surface area contributed by atoms with Crippen LogP contribution in [0.3, 0.4) is 0 Å². The normalized spacial score (nSPS) is 12.0. The quantitative estimate of drug-likeness (QED) is 0.605. The molecule has 0 saturated carbocycles. The number of nitrogens with zero attached hydrogens (tertiary/aromatic N) is 1. The van der Waals surface area contributed by atoms with Crippen LogP contribution < -0.4 is 14.8 Å². The molecule has 2 aromatic rings. The number of hydrogen-bond donors (Lipinski definition) is 1. The fourth-order valence-electron chi connectivity index (χ4n) is 3.01. The number of esters is 2. The Morgan fingerprint density at radius 1 is 1.06 bits per heavy atom. The van der Waals surface area contributed by atoms with Gasteiger partial charge in [0.1, 0.15) is 18.2 Å². The summed E-state index contributed by atoms with van der Waals surface area (Å²) in [5, 5.41) is 2.70. The minimum Gasteiger partial charge on any atom is -0.486 e. The average Bonchev–Trinajstić information content (AvgIpc) is 3.12. The van der Waals surface area contributed by atoms with Gasteiger partial charge in [0.05, 0.1) is 22.6 Å². The number of thiophene rings is 1. The van der Waals surface area contributed by atoms with Crippen molar-refractivity contribution < 1.29 is 38.1 Å². The molecule has 33 heavy (non-hydrogen) atoms. The maximum Gasteiger partial charge on any atom is 0.341 e. The Labute approximate surface area is 194 Å². The summed E-state index contributed by atoms with van der Waals surface area (Å²) < 4.78 is 21.0. The third-order valence-corrected chi connectivity index (χ3v) is 5.79. The van der Waals surface area contributed by atoms with E-state index in [2.05, 4.69) is 5.32 Å². The zero-order valence-corrected chi connectivity index (χ0v) is 19.5. The van der Waals surface area contributed by atoms with E-state index in [0.29, 0.717) is 35.2 Å². The molecule has 0 aliphatic carbocycles. The summed E-state index contributed by atoms with van der Waals surface area (Å²) in [4.78, 5) is 51.4. The second-order valence-corrected chi connectivity index (χ2v) is 8.18. The van der Waals surface area contributed by atoms with Gasteiger partial charge in [-0.15, -0.1) is 11.3 Å². The summed E-state index contributed by atoms with van der Waals surface area (Å²) in [7, 11) is 3.17. The Kier molecular flexibility index (Phi) is 7.54. The first-order valence-electron chi connectivity index (χ1n) is 10.1. The van der Waals surface area contributed by atoms with Gasteiger partial charge in [0, 0.05) is 14.1 Å². The minimum atomic E-state index is -0.724. The Bertz CT molecular complexity index is 1090. The lowest BCUT2D eigenvalue weighted by Crippen LogP contribution is -2.22. The van der Waals surface area contributed by atoms with Crippen LogP contribution >= 0.6 is 11.3 Å². The molecule has 0 atom stereocenters. The molecular formula is C22H24N2O8S. The van der Waals surface area contributed by atoms with E-state index >= 15 is 0 Å². The van der Waals surface area contributed by atoms with Crippen molar-refractivity contribution in [3.8, 4) is 11.5 Å². The number of rotatable bonds is 7. The number of carbonyl (C=O) groups is 4. The van der Waals surface area contributed by atoms with E-state index in [-0.39, 0.29) is 28.6 Å². The standard InChI is InChI=1S/C22H24N2O8S/c1-5-29-22(28)17-12(2)18(20(26)24(3)4)33-19(17)23-16(25)11-32-21(27)13-6-7-14-15(10-13)31-9-8-30-14/h6-7,10H,5,8-9,11H2,1-4H3,(H,23,25). The number of ether oxygens (including phenoxy) is 4. The smallest absolute Gasteiger partial charge is 0.341 e. The van der Waals surface area contributed by atoms with E-state index in [1.807, 2.05) is 0 Å². The lowest BCUT2D eigenvalue weighted by atomic mass is 10.1. The maximum atomic E-state index is 12.5. The van der Waals surface area contributed by atoms with E-state index in [4.69, 9.17) is 18.9 Å². The van der Waals surface area contributed by atoms with Crippen LogP contribution in [0.2, 0.25) is 0 Å². The second-order valence-electron chi connectivity index (χ2n) is 7.16. The monoisotopic (exact) mass is 476 g/mol. The first kappa shape index (κ1) is 24.1. The van der Waals surface area contributed by atoms with Crippen molar-refractivity contribution in [3.63, 3.8) is 0 Å². The van der Waals surface area contributed by atoms with Gasteiger partial charge in [0.15, 0.2) is 18.1 Å². The molecule has 10 nitrogen and oxygen atoms in total.